The average Bonchev–Trinajstić information content (AvgIpc) is 1.89. The maximum atomic E-state index is 3.53. The summed E-state index contributed by atoms with van der Waals surface area (Å²) in [6.45, 7) is 3.53. The van der Waals surface area contributed by atoms with Gasteiger partial charge in [-0.15, -0.1) is 0 Å². The Balaban J connectivity index is 3.46. The molecule has 0 N–H and O–H groups in total. The third-order valence-electron chi connectivity index (χ3n) is 0.653. The second-order valence-corrected chi connectivity index (χ2v) is 1.85. The first kappa shape index (κ1) is 8.44. The minimum atomic E-state index is 1.74. The van der Waals surface area contributed by atoms with Gasteiger partial charge in [0.15, 0.2) is 0 Å². The molecule has 0 aliphatic rings. The molecule has 0 aromatic heterocycles. The van der Waals surface area contributed by atoms with Crippen LogP contribution in [0.2, 0.25) is 0 Å². The van der Waals surface area contributed by atoms with E-state index in [1.165, 1.54) is 0 Å². The molecule has 0 aliphatic heterocycles. The van der Waals surface area contributed by atoms with Crippen molar-refractivity contribution in [1.29, 1.82) is 0 Å². The Hall–Kier alpha value is -0.560. The molecular weight excluding hydrogens is 176 g/mol. The molecule has 9 heavy (non-hydrogen) atoms. The van der Waals surface area contributed by atoms with Gasteiger partial charge in [0.1, 0.15) is 0 Å². The standard InChI is InChI=1S/C8H9Br/c1-2-3-4-5-6-7-8-9/h2-8H,1H2/b4-3-,6-5-,8-7+. The molecule has 0 heterocycles. The summed E-state index contributed by atoms with van der Waals surface area (Å²) in [5.41, 5.74) is 0. The van der Waals surface area contributed by atoms with Crippen molar-refractivity contribution in [1.82, 2.24) is 0 Å². The van der Waals surface area contributed by atoms with Crippen LogP contribution in [-0.4, -0.2) is 0 Å². The van der Waals surface area contributed by atoms with Crippen LogP contribution < -0.4 is 0 Å². The van der Waals surface area contributed by atoms with Crippen LogP contribution in [0.15, 0.2) is 48.0 Å². The minimum Gasteiger partial charge on any atom is -0.0991 e. The van der Waals surface area contributed by atoms with Gasteiger partial charge in [-0.05, 0) is 4.99 Å². The highest BCUT2D eigenvalue weighted by atomic mass is 79.9. The zero-order chi connectivity index (χ0) is 6.95. The van der Waals surface area contributed by atoms with Gasteiger partial charge in [0.2, 0.25) is 0 Å². The van der Waals surface area contributed by atoms with E-state index in [-0.39, 0.29) is 0 Å². The molecule has 0 fully saturated rings. The van der Waals surface area contributed by atoms with E-state index >= 15 is 0 Å². The summed E-state index contributed by atoms with van der Waals surface area (Å²) in [4.78, 5) is 1.80. The maximum absolute atomic E-state index is 3.53. The fourth-order valence-electron chi connectivity index (χ4n) is 0.313. The van der Waals surface area contributed by atoms with Crippen molar-refractivity contribution in [2.45, 2.75) is 0 Å². The summed E-state index contributed by atoms with van der Waals surface area (Å²) in [5, 5.41) is 0. The summed E-state index contributed by atoms with van der Waals surface area (Å²) in [7, 11) is 0. The first-order chi connectivity index (χ1) is 4.41. The lowest BCUT2D eigenvalue weighted by Gasteiger charge is -1.68. The van der Waals surface area contributed by atoms with Gasteiger partial charge in [-0.3, -0.25) is 0 Å². The van der Waals surface area contributed by atoms with Crippen LogP contribution >= 0.6 is 15.9 Å². The van der Waals surface area contributed by atoms with E-state index in [1.807, 2.05) is 30.4 Å². The van der Waals surface area contributed by atoms with E-state index in [0.717, 1.165) is 0 Å². The number of allylic oxidation sites excluding steroid dienone is 6. The Morgan fingerprint density at radius 2 is 1.44 bits per heavy atom. The molecule has 0 amide bonds. The lowest BCUT2D eigenvalue weighted by atomic mass is 10.4. The van der Waals surface area contributed by atoms with Crippen LogP contribution in [-0.2, 0) is 0 Å². The first-order valence-electron chi connectivity index (χ1n) is 2.63. The van der Waals surface area contributed by atoms with Gasteiger partial charge in [-0.1, -0.05) is 59.0 Å². The second-order valence-electron chi connectivity index (χ2n) is 1.32. The maximum Gasteiger partial charge on any atom is -0.0189 e. The highest BCUT2D eigenvalue weighted by molar-refractivity contribution is 9.11. The summed E-state index contributed by atoms with van der Waals surface area (Å²) in [5.74, 6) is 0. The van der Waals surface area contributed by atoms with Crippen LogP contribution in [0.3, 0.4) is 0 Å². The zero-order valence-corrected chi connectivity index (χ0v) is 6.71. The van der Waals surface area contributed by atoms with E-state index in [4.69, 9.17) is 0 Å². The molecule has 0 aliphatic carbocycles. The lowest BCUT2D eigenvalue weighted by Crippen LogP contribution is -1.46. The third kappa shape index (κ3) is 7.44. The smallest absolute Gasteiger partial charge is 0.0189 e. The Labute approximate surface area is 64.4 Å². The summed E-state index contributed by atoms with van der Waals surface area (Å²) < 4.78 is 0. The van der Waals surface area contributed by atoms with Crippen molar-refractivity contribution < 1.29 is 0 Å². The van der Waals surface area contributed by atoms with Gasteiger partial charge in [0.05, 0.1) is 0 Å². The lowest BCUT2D eigenvalue weighted by molar-refractivity contribution is 1.91. The topological polar surface area (TPSA) is 0 Å². The SMILES string of the molecule is C=C\C=C/C=C\C=C\Br. The van der Waals surface area contributed by atoms with Crippen LogP contribution in [0.1, 0.15) is 0 Å². The molecule has 0 aromatic rings. The summed E-state index contributed by atoms with van der Waals surface area (Å²) >= 11 is 3.14. The van der Waals surface area contributed by atoms with Gasteiger partial charge in [0.25, 0.3) is 0 Å². The number of hydrogen-bond acceptors (Lipinski definition) is 0. The molecular formula is C8H9Br. The molecule has 0 spiro atoms. The fraction of sp³-hybridized carbons (Fsp3) is 0. The molecule has 0 unspecified atom stereocenters. The Bertz CT molecular complexity index is 141. The van der Waals surface area contributed by atoms with E-state index in [2.05, 4.69) is 22.5 Å². The van der Waals surface area contributed by atoms with Crippen molar-refractivity contribution in [2.24, 2.45) is 0 Å². The summed E-state index contributed by atoms with van der Waals surface area (Å²) in [6, 6.07) is 0. The van der Waals surface area contributed by atoms with E-state index < -0.39 is 0 Å². The molecule has 0 bridgehead atoms. The normalized spacial score (nSPS) is 12.1. The predicted octanol–water partition coefficient (Wildman–Crippen LogP) is 3.19. The number of halogens is 1. The Kier molecular flexibility index (Phi) is 6.98. The van der Waals surface area contributed by atoms with E-state index in [1.54, 1.807) is 11.1 Å². The molecule has 0 saturated heterocycles. The fourth-order valence-corrected chi connectivity index (χ4v) is 0.489. The molecule has 0 radical (unpaired) electrons. The van der Waals surface area contributed by atoms with Gasteiger partial charge >= 0.3 is 0 Å². The molecule has 0 saturated carbocycles. The molecule has 0 atom stereocenters. The second kappa shape index (κ2) is 7.44. The third-order valence-corrected chi connectivity index (χ3v) is 0.958. The van der Waals surface area contributed by atoms with Crippen molar-refractivity contribution in [3.05, 3.63) is 48.0 Å². The average molecular weight is 185 g/mol. The van der Waals surface area contributed by atoms with Crippen LogP contribution in [0.4, 0.5) is 0 Å². The van der Waals surface area contributed by atoms with E-state index in [0.29, 0.717) is 0 Å². The van der Waals surface area contributed by atoms with Crippen molar-refractivity contribution >= 4 is 15.9 Å². The van der Waals surface area contributed by atoms with Crippen LogP contribution in [0.5, 0.6) is 0 Å². The van der Waals surface area contributed by atoms with E-state index in [9.17, 15) is 0 Å². The predicted molar refractivity (Wildman–Crippen MR) is 46.5 cm³/mol. The van der Waals surface area contributed by atoms with Crippen molar-refractivity contribution in [3.63, 3.8) is 0 Å². The highest BCUT2D eigenvalue weighted by Gasteiger charge is 1.57. The van der Waals surface area contributed by atoms with Gasteiger partial charge in [0, 0.05) is 0 Å². The zero-order valence-electron chi connectivity index (χ0n) is 5.13. The van der Waals surface area contributed by atoms with Gasteiger partial charge in [-0.25, -0.2) is 0 Å². The monoisotopic (exact) mass is 184 g/mol. The largest absolute Gasteiger partial charge is 0.0991 e. The number of rotatable bonds is 3. The molecule has 0 aromatic carbocycles. The number of hydrogen-bond donors (Lipinski definition) is 0. The van der Waals surface area contributed by atoms with Crippen LogP contribution in [0.25, 0.3) is 0 Å². The van der Waals surface area contributed by atoms with Crippen LogP contribution in [0, 0.1) is 0 Å². The quantitative estimate of drug-likeness (QED) is 0.592. The molecule has 48 valence electrons. The first-order valence-corrected chi connectivity index (χ1v) is 3.54. The van der Waals surface area contributed by atoms with Crippen molar-refractivity contribution in [3.8, 4) is 0 Å². The summed E-state index contributed by atoms with van der Waals surface area (Å²) in [6.07, 6.45) is 11.3. The van der Waals surface area contributed by atoms with Crippen molar-refractivity contribution in [2.75, 3.05) is 0 Å². The highest BCUT2D eigenvalue weighted by Crippen LogP contribution is 1.84. The minimum absolute atomic E-state index is 1.74. The van der Waals surface area contributed by atoms with Gasteiger partial charge in [-0.2, -0.15) is 0 Å². The Morgan fingerprint density at radius 1 is 0.889 bits per heavy atom. The Morgan fingerprint density at radius 3 is 2.00 bits per heavy atom. The molecule has 1 heteroatoms. The molecule has 0 nitrogen and oxygen atoms in total. The van der Waals surface area contributed by atoms with Gasteiger partial charge < -0.3 is 0 Å². The molecule has 0 rings (SSSR count).